The van der Waals surface area contributed by atoms with Crippen LogP contribution < -0.4 is 20.9 Å². The second kappa shape index (κ2) is 9.05. The summed E-state index contributed by atoms with van der Waals surface area (Å²) >= 11 is 0. The molecule has 2 fully saturated rings. The largest absolute Gasteiger partial charge is 0.394 e. The summed E-state index contributed by atoms with van der Waals surface area (Å²) in [7, 11) is 0. The molecule has 152 valence electrons. The molecule has 1 atom stereocenters. The molecular formula is C20H28N4O4. The molecule has 1 unspecified atom stereocenters. The lowest BCUT2D eigenvalue weighted by Gasteiger charge is -2.29. The highest BCUT2D eigenvalue weighted by atomic mass is 16.3. The minimum Gasteiger partial charge on any atom is -0.394 e. The van der Waals surface area contributed by atoms with Crippen LogP contribution in [-0.2, 0) is 9.59 Å². The monoisotopic (exact) mass is 388 g/mol. The maximum Gasteiger partial charge on any atom is 0.321 e. The number of aliphatic hydroxyl groups excluding tert-OH is 1. The minimum absolute atomic E-state index is 0.178. The highest BCUT2D eigenvalue weighted by molar-refractivity contribution is 6.39. The van der Waals surface area contributed by atoms with Crippen LogP contribution in [0.3, 0.4) is 0 Å². The first-order valence-corrected chi connectivity index (χ1v) is 9.88. The molecule has 4 N–H and O–H groups in total. The summed E-state index contributed by atoms with van der Waals surface area (Å²) in [6, 6.07) is 4.71. The number of carbonyl (C=O) groups is 3. The Balaban J connectivity index is 1.64. The minimum atomic E-state index is -0.777. The second-order valence-electron chi connectivity index (χ2n) is 7.50. The van der Waals surface area contributed by atoms with Gasteiger partial charge in [0.05, 0.1) is 12.6 Å². The molecule has 1 saturated carbocycles. The molecule has 3 rings (SSSR count). The van der Waals surface area contributed by atoms with E-state index in [0.29, 0.717) is 24.5 Å². The van der Waals surface area contributed by atoms with Gasteiger partial charge in [-0.25, -0.2) is 4.79 Å². The Hall–Kier alpha value is -2.61. The quantitative estimate of drug-likeness (QED) is 0.573. The summed E-state index contributed by atoms with van der Waals surface area (Å²) in [5.74, 6) is -1.33. The fourth-order valence-corrected chi connectivity index (χ4v) is 3.89. The van der Waals surface area contributed by atoms with Crippen molar-refractivity contribution < 1.29 is 19.5 Å². The molecule has 8 heteroatoms. The van der Waals surface area contributed by atoms with Crippen LogP contribution in [0.1, 0.15) is 37.7 Å². The predicted octanol–water partition coefficient (Wildman–Crippen LogP) is 1.52. The van der Waals surface area contributed by atoms with Gasteiger partial charge in [0.15, 0.2) is 0 Å². The molecule has 4 amide bonds. The van der Waals surface area contributed by atoms with Gasteiger partial charge in [0.25, 0.3) is 0 Å². The van der Waals surface area contributed by atoms with E-state index < -0.39 is 17.9 Å². The molecule has 8 nitrogen and oxygen atoms in total. The Morgan fingerprint density at radius 2 is 2.00 bits per heavy atom. The molecule has 1 aliphatic carbocycles. The summed E-state index contributed by atoms with van der Waals surface area (Å²) in [5, 5.41) is 17.7. The molecule has 28 heavy (non-hydrogen) atoms. The Labute approximate surface area is 164 Å². The molecule has 1 saturated heterocycles. The average Bonchev–Trinajstić information content (AvgIpc) is 3.14. The zero-order chi connectivity index (χ0) is 20.1. The third-order valence-corrected chi connectivity index (χ3v) is 5.58. The van der Waals surface area contributed by atoms with Crippen LogP contribution in [0.15, 0.2) is 18.2 Å². The van der Waals surface area contributed by atoms with Crippen molar-refractivity contribution in [3.8, 4) is 0 Å². The van der Waals surface area contributed by atoms with Gasteiger partial charge in [-0.1, -0.05) is 25.3 Å². The third kappa shape index (κ3) is 4.62. The summed E-state index contributed by atoms with van der Waals surface area (Å²) in [6.07, 6.45) is 5.24. The summed E-state index contributed by atoms with van der Waals surface area (Å²) in [5.41, 5.74) is 1.93. The summed E-state index contributed by atoms with van der Waals surface area (Å²) in [4.78, 5) is 38.2. The fourth-order valence-electron chi connectivity index (χ4n) is 3.89. The molecule has 1 aromatic rings. The normalized spacial score (nSPS) is 18.5. The number of benzene rings is 1. The zero-order valence-corrected chi connectivity index (χ0v) is 16.2. The maximum absolute atomic E-state index is 12.4. The van der Waals surface area contributed by atoms with Crippen molar-refractivity contribution in [1.82, 2.24) is 10.6 Å². The second-order valence-corrected chi connectivity index (χ2v) is 7.50. The van der Waals surface area contributed by atoms with Crippen molar-refractivity contribution in [3.63, 3.8) is 0 Å². The van der Waals surface area contributed by atoms with Crippen molar-refractivity contribution in [2.75, 3.05) is 29.9 Å². The number of amides is 4. The molecule has 2 aliphatic rings. The van der Waals surface area contributed by atoms with Crippen molar-refractivity contribution in [3.05, 3.63) is 23.8 Å². The van der Waals surface area contributed by atoms with Crippen molar-refractivity contribution in [2.24, 2.45) is 5.92 Å². The van der Waals surface area contributed by atoms with E-state index in [-0.39, 0.29) is 18.6 Å². The van der Waals surface area contributed by atoms with Crippen LogP contribution in [0.2, 0.25) is 0 Å². The predicted molar refractivity (Wildman–Crippen MR) is 106 cm³/mol. The smallest absolute Gasteiger partial charge is 0.321 e. The maximum atomic E-state index is 12.4. The molecule has 0 aromatic heterocycles. The van der Waals surface area contributed by atoms with E-state index in [0.717, 1.165) is 31.2 Å². The van der Waals surface area contributed by atoms with Gasteiger partial charge >= 0.3 is 17.8 Å². The van der Waals surface area contributed by atoms with Crippen LogP contribution in [0.25, 0.3) is 0 Å². The lowest BCUT2D eigenvalue weighted by molar-refractivity contribution is -0.137. The van der Waals surface area contributed by atoms with Gasteiger partial charge in [-0.3, -0.25) is 14.5 Å². The van der Waals surface area contributed by atoms with E-state index in [9.17, 15) is 19.5 Å². The van der Waals surface area contributed by atoms with E-state index in [1.807, 2.05) is 6.92 Å². The van der Waals surface area contributed by atoms with Crippen molar-refractivity contribution in [1.29, 1.82) is 0 Å². The fraction of sp³-hybridized carbons (Fsp3) is 0.550. The lowest BCUT2D eigenvalue weighted by Crippen LogP contribution is -2.47. The van der Waals surface area contributed by atoms with Gasteiger partial charge < -0.3 is 21.1 Å². The van der Waals surface area contributed by atoms with E-state index >= 15 is 0 Å². The molecule has 1 aliphatic heterocycles. The SMILES string of the molecule is Cc1ccc(N2CCNC2=O)cc1NC(=O)C(=O)NC(CO)C1CCCCC1. The first-order valence-electron chi connectivity index (χ1n) is 9.88. The molecule has 0 radical (unpaired) electrons. The number of nitrogens with zero attached hydrogens (tertiary/aromatic N) is 1. The first-order chi connectivity index (χ1) is 13.5. The third-order valence-electron chi connectivity index (χ3n) is 5.58. The Kier molecular flexibility index (Phi) is 6.51. The number of hydrogen-bond acceptors (Lipinski definition) is 4. The van der Waals surface area contributed by atoms with Gasteiger partial charge in [0.2, 0.25) is 0 Å². The Morgan fingerprint density at radius 3 is 2.64 bits per heavy atom. The topological polar surface area (TPSA) is 111 Å². The number of aliphatic hydroxyl groups is 1. The van der Waals surface area contributed by atoms with Crippen LogP contribution in [0.5, 0.6) is 0 Å². The lowest BCUT2D eigenvalue weighted by atomic mass is 9.84. The number of rotatable bonds is 5. The molecule has 1 aromatic carbocycles. The number of hydrogen-bond donors (Lipinski definition) is 4. The van der Waals surface area contributed by atoms with Gasteiger partial charge in [-0.05, 0) is 43.4 Å². The number of aryl methyl sites for hydroxylation is 1. The number of carbonyl (C=O) groups excluding carboxylic acids is 3. The van der Waals surface area contributed by atoms with Gasteiger partial charge in [0.1, 0.15) is 0 Å². The number of anilines is 2. The van der Waals surface area contributed by atoms with Crippen LogP contribution in [-0.4, -0.2) is 48.7 Å². The van der Waals surface area contributed by atoms with E-state index in [1.54, 1.807) is 23.1 Å². The number of nitrogens with one attached hydrogen (secondary N) is 3. The van der Waals surface area contributed by atoms with Gasteiger partial charge in [0, 0.05) is 24.5 Å². The van der Waals surface area contributed by atoms with Crippen LogP contribution >= 0.6 is 0 Å². The highest BCUT2D eigenvalue weighted by Crippen LogP contribution is 2.27. The van der Waals surface area contributed by atoms with E-state index in [2.05, 4.69) is 16.0 Å². The zero-order valence-electron chi connectivity index (χ0n) is 16.2. The Bertz CT molecular complexity index is 746. The molecule has 0 spiro atoms. The van der Waals surface area contributed by atoms with Gasteiger partial charge in [-0.2, -0.15) is 0 Å². The van der Waals surface area contributed by atoms with E-state index in [4.69, 9.17) is 0 Å². The van der Waals surface area contributed by atoms with Gasteiger partial charge in [-0.15, -0.1) is 0 Å². The summed E-state index contributed by atoms with van der Waals surface area (Å²) in [6.45, 7) is 2.76. The van der Waals surface area contributed by atoms with Crippen LogP contribution in [0, 0.1) is 12.8 Å². The summed E-state index contributed by atoms with van der Waals surface area (Å²) < 4.78 is 0. The average molecular weight is 388 g/mol. The highest BCUT2D eigenvalue weighted by Gasteiger charge is 2.27. The van der Waals surface area contributed by atoms with Crippen LogP contribution in [0.4, 0.5) is 16.2 Å². The molecular weight excluding hydrogens is 360 g/mol. The van der Waals surface area contributed by atoms with Crippen molar-refractivity contribution in [2.45, 2.75) is 45.1 Å². The number of urea groups is 1. The van der Waals surface area contributed by atoms with E-state index in [1.165, 1.54) is 6.42 Å². The Morgan fingerprint density at radius 1 is 1.25 bits per heavy atom. The molecule has 1 heterocycles. The van der Waals surface area contributed by atoms with Crippen molar-refractivity contribution >= 4 is 29.2 Å². The standard InChI is InChI=1S/C20H28N4O4/c1-13-7-8-15(24-10-9-21-20(24)28)11-16(13)22-18(26)19(27)23-17(12-25)14-5-3-2-4-6-14/h7-8,11,14,17,25H,2-6,9-10,12H2,1H3,(H,21,28)(H,22,26)(H,23,27). The molecule has 0 bridgehead atoms. The first kappa shape index (κ1) is 20.1.